The molecule has 1 amide bonds. The SMILES string of the molecule is N[C@@H](Cc1ccccc1)C(=O)N[C@@H]1CCCc2ccccc21. The maximum absolute atomic E-state index is 12.4. The van der Waals surface area contributed by atoms with Crippen LogP contribution in [-0.2, 0) is 17.6 Å². The van der Waals surface area contributed by atoms with Gasteiger partial charge in [-0.2, -0.15) is 0 Å². The van der Waals surface area contributed by atoms with Crippen LogP contribution in [0.3, 0.4) is 0 Å². The fourth-order valence-corrected chi connectivity index (χ4v) is 3.14. The molecule has 0 aromatic heterocycles. The molecule has 1 aliphatic rings. The van der Waals surface area contributed by atoms with Gasteiger partial charge in [0.05, 0.1) is 12.1 Å². The zero-order chi connectivity index (χ0) is 15.4. The Morgan fingerprint density at radius 2 is 1.86 bits per heavy atom. The molecule has 0 bridgehead atoms. The number of hydrogen-bond acceptors (Lipinski definition) is 2. The van der Waals surface area contributed by atoms with Crippen LogP contribution in [0.15, 0.2) is 54.6 Å². The molecule has 3 nitrogen and oxygen atoms in total. The van der Waals surface area contributed by atoms with Crippen LogP contribution in [0, 0.1) is 0 Å². The number of nitrogens with one attached hydrogen (secondary N) is 1. The van der Waals surface area contributed by atoms with Crippen molar-refractivity contribution in [2.24, 2.45) is 5.73 Å². The van der Waals surface area contributed by atoms with E-state index < -0.39 is 6.04 Å². The fourth-order valence-electron chi connectivity index (χ4n) is 3.14. The van der Waals surface area contributed by atoms with E-state index in [0.29, 0.717) is 6.42 Å². The van der Waals surface area contributed by atoms with Gasteiger partial charge in [0.25, 0.3) is 0 Å². The average Bonchev–Trinajstić information content (AvgIpc) is 2.56. The van der Waals surface area contributed by atoms with Crippen LogP contribution in [0.1, 0.15) is 35.6 Å². The summed E-state index contributed by atoms with van der Waals surface area (Å²) in [5.41, 5.74) is 9.75. The van der Waals surface area contributed by atoms with Crippen molar-refractivity contribution >= 4 is 5.91 Å². The second kappa shape index (κ2) is 6.75. The molecule has 22 heavy (non-hydrogen) atoms. The van der Waals surface area contributed by atoms with Crippen molar-refractivity contribution in [1.29, 1.82) is 0 Å². The Morgan fingerprint density at radius 3 is 2.68 bits per heavy atom. The largest absolute Gasteiger partial charge is 0.348 e. The molecular weight excluding hydrogens is 272 g/mol. The van der Waals surface area contributed by atoms with Crippen molar-refractivity contribution < 1.29 is 4.79 Å². The summed E-state index contributed by atoms with van der Waals surface area (Å²) in [5.74, 6) is -0.0643. The van der Waals surface area contributed by atoms with Crippen LogP contribution >= 0.6 is 0 Å². The fraction of sp³-hybridized carbons (Fsp3) is 0.316. The molecule has 3 heteroatoms. The molecule has 2 atom stereocenters. The molecule has 0 unspecified atom stereocenters. The highest BCUT2D eigenvalue weighted by atomic mass is 16.2. The summed E-state index contributed by atoms with van der Waals surface area (Å²) in [6.07, 6.45) is 3.76. The van der Waals surface area contributed by atoms with Crippen LogP contribution in [0.2, 0.25) is 0 Å². The van der Waals surface area contributed by atoms with Crippen molar-refractivity contribution in [2.45, 2.75) is 37.8 Å². The molecule has 0 radical (unpaired) electrons. The van der Waals surface area contributed by atoms with Gasteiger partial charge in [0, 0.05) is 0 Å². The number of carbonyl (C=O) groups is 1. The highest BCUT2D eigenvalue weighted by Crippen LogP contribution is 2.29. The zero-order valence-corrected chi connectivity index (χ0v) is 12.7. The average molecular weight is 294 g/mol. The maximum Gasteiger partial charge on any atom is 0.237 e. The van der Waals surface area contributed by atoms with Gasteiger partial charge in [-0.25, -0.2) is 0 Å². The lowest BCUT2D eigenvalue weighted by molar-refractivity contribution is -0.123. The van der Waals surface area contributed by atoms with Crippen LogP contribution in [0.4, 0.5) is 0 Å². The number of fused-ring (bicyclic) bond motifs is 1. The van der Waals surface area contributed by atoms with Gasteiger partial charge >= 0.3 is 0 Å². The van der Waals surface area contributed by atoms with Gasteiger partial charge in [-0.15, -0.1) is 0 Å². The van der Waals surface area contributed by atoms with Gasteiger partial charge in [-0.3, -0.25) is 4.79 Å². The van der Waals surface area contributed by atoms with E-state index in [4.69, 9.17) is 5.73 Å². The van der Waals surface area contributed by atoms with Crippen molar-refractivity contribution in [3.8, 4) is 0 Å². The van der Waals surface area contributed by atoms with Gasteiger partial charge in [-0.1, -0.05) is 54.6 Å². The van der Waals surface area contributed by atoms with Gasteiger partial charge < -0.3 is 11.1 Å². The van der Waals surface area contributed by atoms with E-state index in [1.165, 1.54) is 11.1 Å². The number of benzene rings is 2. The first-order chi connectivity index (χ1) is 10.7. The summed E-state index contributed by atoms with van der Waals surface area (Å²) < 4.78 is 0. The van der Waals surface area contributed by atoms with Gasteiger partial charge in [0.2, 0.25) is 5.91 Å². The Bertz CT molecular complexity index is 639. The lowest BCUT2D eigenvalue weighted by atomic mass is 9.87. The van der Waals surface area contributed by atoms with E-state index in [9.17, 15) is 4.79 Å². The van der Waals surface area contributed by atoms with E-state index in [-0.39, 0.29) is 11.9 Å². The van der Waals surface area contributed by atoms with Crippen LogP contribution in [-0.4, -0.2) is 11.9 Å². The minimum Gasteiger partial charge on any atom is -0.348 e. The minimum absolute atomic E-state index is 0.0643. The number of hydrogen-bond donors (Lipinski definition) is 2. The first-order valence-electron chi connectivity index (χ1n) is 7.92. The Hall–Kier alpha value is -2.13. The summed E-state index contributed by atoms with van der Waals surface area (Å²) >= 11 is 0. The molecule has 2 aromatic rings. The molecule has 0 fully saturated rings. The smallest absolute Gasteiger partial charge is 0.237 e. The zero-order valence-electron chi connectivity index (χ0n) is 12.7. The van der Waals surface area contributed by atoms with Gasteiger partial charge in [0.15, 0.2) is 0 Å². The molecule has 0 aliphatic heterocycles. The second-order valence-electron chi connectivity index (χ2n) is 5.95. The normalized spacial score (nSPS) is 18.3. The van der Waals surface area contributed by atoms with E-state index in [1.54, 1.807) is 0 Å². The Labute approximate surface area is 131 Å². The Kier molecular flexibility index (Phi) is 4.54. The summed E-state index contributed by atoms with van der Waals surface area (Å²) in [7, 11) is 0. The molecule has 3 rings (SSSR count). The predicted octanol–water partition coefficient (Wildman–Crippen LogP) is 2.75. The summed E-state index contributed by atoms with van der Waals surface area (Å²) in [5, 5.41) is 3.13. The first-order valence-corrected chi connectivity index (χ1v) is 7.92. The van der Waals surface area contributed by atoms with Gasteiger partial charge in [-0.05, 0) is 42.4 Å². The molecule has 0 saturated heterocycles. The first kappa shape index (κ1) is 14.8. The number of amides is 1. The van der Waals surface area contributed by atoms with Gasteiger partial charge in [0.1, 0.15) is 0 Å². The Morgan fingerprint density at radius 1 is 1.14 bits per heavy atom. The third-order valence-corrected chi connectivity index (χ3v) is 4.32. The van der Waals surface area contributed by atoms with E-state index in [0.717, 1.165) is 24.8 Å². The number of nitrogens with two attached hydrogens (primary N) is 1. The lowest BCUT2D eigenvalue weighted by Crippen LogP contribution is -2.44. The summed E-state index contributed by atoms with van der Waals surface area (Å²) in [6, 6.07) is 17.9. The molecule has 2 aromatic carbocycles. The van der Waals surface area contributed by atoms with Crippen molar-refractivity contribution in [2.75, 3.05) is 0 Å². The van der Waals surface area contributed by atoms with Crippen molar-refractivity contribution in [3.63, 3.8) is 0 Å². The second-order valence-corrected chi connectivity index (χ2v) is 5.95. The van der Waals surface area contributed by atoms with Crippen LogP contribution in [0.25, 0.3) is 0 Å². The molecule has 0 spiro atoms. The third kappa shape index (κ3) is 3.37. The molecule has 114 valence electrons. The molecule has 0 saturated carbocycles. The highest BCUT2D eigenvalue weighted by Gasteiger charge is 2.23. The Balaban J connectivity index is 1.65. The van der Waals surface area contributed by atoms with Crippen LogP contribution < -0.4 is 11.1 Å². The topological polar surface area (TPSA) is 55.1 Å². The third-order valence-electron chi connectivity index (χ3n) is 4.32. The molecular formula is C19H22N2O. The predicted molar refractivity (Wildman–Crippen MR) is 88.4 cm³/mol. The molecule has 3 N–H and O–H groups in total. The highest BCUT2D eigenvalue weighted by molar-refractivity contribution is 5.82. The number of rotatable bonds is 4. The van der Waals surface area contributed by atoms with Crippen molar-refractivity contribution in [3.05, 3.63) is 71.3 Å². The quantitative estimate of drug-likeness (QED) is 0.911. The summed E-state index contributed by atoms with van der Waals surface area (Å²) in [6.45, 7) is 0. The maximum atomic E-state index is 12.4. The lowest BCUT2D eigenvalue weighted by Gasteiger charge is -2.27. The van der Waals surface area contributed by atoms with Crippen molar-refractivity contribution in [1.82, 2.24) is 5.32 Å². The van der Waals surface area contributed by atoms with E-state index >= 15 is 0 Å². The number of aryl methyl sites for hydroxylation is 1. The monoisotopic (exact) mass is 294 g/mol. The summed E-state index contributed by atoms with van der Waals surface area (Å²) in [4.78, 5) is 12.4. The minimum atomic E-state index is -0.503. The number of carbonyl (C=O) groups excluding carboxylic acids is 1. The molecule has 1 aliphatic carbocycles. The standard InChI is InChI=1S/C19H22N2O/c20-17(13-14-7-2-1-3-8-14)19(22)21-18-12-6-10-15-9-4-5-11-16(15)18/h1-5,7-9,11,17-18H,6,10,12-13,20H2,(H,21,22)/t17-,18+/m0/s1. The molecule has 0 heterocycles. The van der Waals surface area contributed by atoms with Crippen LogP contribution in [0.5, 0.6) is 0 Å². The van der Waals surface area contributed by atoms with E-state index in [2.05, 4.69) is 23.5 Å². The van der Waals surface area contributed by atoms with E-state index in [1.807, 2.05) is 36.4 Å².